The van der Waals surface area contributed by atoms with Gasteiger partial charge in [-0.2, -0.15) is 0 Å². The first-order chi connectivity index (χ1) is 8.27. The number of hydrogen-bond donors (Lipinski definition) is 0. The van der Waals surface area contributed by atoms with Crippen molar-refractivity contribution >= 4 is 12.1 Å². The van der Waals surface area contributed by atoms with Crippen LogP contribution in [0.4, 0.5) is 0 Å². The van der Waals surface area contributed by atoms with Crippen molar-refractivity contribution in [1.82, 2.24) is 4.90 Å². The monoisotopic (exact) mass is 232 g/mol. The molecule has 0 bridgehead atoms. The lowest BCUT2D eigenvalue weighted by molar-refractivity contribution is -0.125. The highest BCUT2D eigenvalue weighted by Gasteiger charge is 2.09. The van der Waals surface area contributed by atoms with E-state index in [1.165, 1.54) is 13.2 Å². The first kappa shape index (κ1) is 13.0. The first-order valence-electron chi connectivity index (χ1n) is 5.28. The van der Waals surface area contributed by atoms with E-state index in [4.69, 9.17) is 0 Å². The summed E-state index contributed by atoms with van der Waals surface area (Å²) in [4.78, 5) is 17.8. The number of hydrogen-bond acceptors (Lipinski definition) is 3. The molecule has 0 radical (unpaired) electrons. The Morgan fingerprint density at radius 1 is 1.47 bits per heavy atom. The number of oxime groups is 1. The molecule has 1 amide bonds. The third-order valence-electron chi connectivity index (χ3n) is 2.18. The second-order valence-corrected chi connectivity index (χ2v) is 3.38. The van der Waals surface area contributed by atoms with Gasteiger partial charge in [-0.3, -0.25) is 4.79 Å². The van der Waals surface area contributed by atoms with Crippen molar-refractivity contribution in [3.05, 3.63) is 48.6 Å². The average Bonchev–Trinajstić information content (AvgIpc) is 2.38. The molecule has 90 valence electrons. The zero-order chi connectivity index (χ0) is 12.5. The highest BCUT2D eigenvalue weighted by atomic mass is 16.6. The van der Waals surface area contributed by atoms with Crippen LogP contribution in [0.5, 0.6) is 0 Å². The van der Waals surface area contributed by atoms with Crippen molar-refractivity contribution < 1.29 is 9.63 Å². The van der Waals surface area contributed by atoms with Crippen molar-refractivity contribution in [1.29, 1.82) is 0 Å². The summed E-state index contributed by atoms with van der Waals surface area (Å²) in [5, 5.41) is 3.62. The van der Waals surface area contributed by atoms with Gasteiger partial charge in [-0.1, -0.05) is 42.1 Å². The maximum Gasteiger partial charge on any atom is 0.246 e. The summed E-state index contributed by atoms with van der Waals surface area (Å²) in [7, 11) is 1.47. The van der Waals surface area contributed by atoms with Crippen LogP contribution in [-0.2, 0) is 16.2 Å². The van der Waals surface area contributed by atoms with Crippen LogP contribution in [0, 0.1) is 0 Å². The molecule has 0 saturated carbocycles. The molecule has 0 atom stereocenters. The minimum atomic E-state index is -0.128. The fraction of sp³-hybridized carbons (Fsp3) is 0.231. The second kappa shape index (κ2) is 7.22. The van der Waals surface area contributed by atoms with E-state index in [9.17, 15) is 4.79 Å². The lowest BCUT2D eigenvalue weighted by Crippen LogP contribution is -2.30. The molecular formula is C13H16N2O2. The lowest BCUT2D eigenvalue weighted by atomic mass is 10.2. The van der Waals surface area contributed by atoms with E-state index in [2.05, 4.69) is 16.6 Å². The van der Waals surface area contributed by atoms with Crippen LogP contribution in [0.15, 0.2) is 48.1 Å². The quantitative estimate of drug-likeness (QED) is 0.426. The molecule has 0 N–H and O–H groups in total. The van der Waals surface area contributed by atoms with E-state index < -0.39 is 0 Å². The highest BCUT2D eigenvalue weighted by Crippen LogP contribution is 2.04. The predicted molar refractivity (Wildman–Crippen MR) is 67.6 cm³/mol. The van der Waals surface area contributed by atoms with Gasteiger partial charge < -0.3 is 9.74 Å². The molecule has 1 aromatic rings. The van der Waals surface area contributed by atoms with E-state index in [0.29, 0.717) is 13.1 Å². The number of carbonyl (C=O) groups is 1. The summed E-state index contributed by atoms with van der Waals surface area (Å²) in [5.41, 5.74) is 1.06. The Hall–Kier alpha value is -2.10. The van der Waals surface area contributed by atoms with Gasteiger partial charge in [0.05, 0.1) is 12.8 Å². The summed E-state index contributed by atoms with van der Waals surface area (Å²) in [5.74, 6) is -0.128. The van der Waals surface area contributed by atoms with Crippen LogP contribution < -0.4 is 0 Å². The molecule has 0 saturated heterocycles. The van der Waals surface area contributed by atoms with Gasteiger partial charge in [-0.15, -0.1) is 0 Å². The fourth-order valence-electron chi connectivity index (χ4n) is 1.37. The molecular weight excluding hydrogens is 216 g/mol. The summed E-state index contributed by atoms with van der Waals surface area (Å²) < 4.78 is 0. The molecule has 17 heavy (non-hydrogen) atoms. The van der Waals surface area contributed by atoms with Gasteiger partial charge in [0.15, 0.2) is 0 Å². The Bertz CT molecular complexity index is 388. The van der Waals surface area contributed by atoms with Gasteiger partial charge in [-0.25, -0.2) is 0 Å². The summed E-state index contributed by atoms with van der Waals surface area (Å²) in [6, 6.07) is 9.76. The maximum atomic E-state index is 11.6. The minimum Gasteiger partial charge on any atom is -0.399 e. The molecule has 4 nitrogen and oxygen atoms in total. The summed E-state index contributed by atoms with van der Waals surface area (Å²) in [6.45, 7) is 4.41. The van der Waals surface area contributed by atoms with Crippen molar-refractivity contribution in [3.8, 4) is 0 Å². The van der Waals surface area contributed by atoms with Crippen LogP contribution in [0.3, 0.4) is 0 Å². The number of benzene rings is 1. The Balaban J connectivity index is 2.67. The van der Waals surface area contributed by atoms with E-state index in [1.807, 2.05) is 30.3 Å². The van der Waals surface area contributed by atoms with Crippen molar-refractivity contribution in [2.24, 2.45) is 5.16 Å². The first-order valence-corrected chi connectivity index (χ1v) is 5.28. The molecule has 0 aliphatic rings. The molecule has 0 spiro atoms. The van der Waals surface area contributed by atoms with E-state index in [-0.39, 0.29) is 5.91 Å². The van der Waals surface area contributed by atoms with E-state index in [1.54, 1.807) is 11.1 Å². The average molecular weight is 232 g/mol. The van der Waals surface area contributed by atoms with Crippen LogP contribution in [-0.4, -0.2) is 30.7 Å². The molecule has 0 aliphatic heterocycles. The Labute approximate surface area is 101 Å². The minimum absolute atomic E-state index is 0.128. The standard InChI is InChI=1S/C13H16N2O2/c1-3-13(16)15(10-9-14-17-2)11-12-7-5-4-6-8-12/h3-9H,1,10-11H2,2H3/b14-9-. The number of carbonyl (C=O) groups excluding carboxylic acids is 1. The van der Waals surface area contributed by atoms with Crippen molar-refractivity contribution in [2.75, 3.05) is 13.7 Å². The molecule has 1 rings (SSSR count). The normalized spacial score (nSPS) is 10.2. The van der Waals surface area contributed by atoms with Crippen molar-refractivity contribution in [3.63, 3.8) is 0 Å². The lowest BCUT2D eigenvalue weighted by Gasteiger charge is -2.18. The zero-order valence-corrected chi connectivity index (χ0v) is 9.87. The van der Waals surface area contributed by atoms with Crippen LogP contribution in [0.2, 0.25) is 0 Å². The van der Waals surface area contributed by atoms with Crippen molar-refractivity contribution in [2.45, 2.75) is 6.54 Å². The van der Waals surface area contributed by atoms with Crippen LogP contribution >= 0.6 is 0 Å². The third-order valence-corrected chi connectivity index (χ3v) is 2.18. The molecule has 1 aromatic carbocycles. The van der Waals surface area contributed by atoms with Gasteiger partial charge in [-0.05, 0) is 11.6 Å². The second-order valence-electron chi connectivity index (χ2n) is 3.38. The van der Waals surface area contributed by atoms with Gasteiger partial charge in [0.1, 0.15) is 7.11 Å². The van der Waals surface area contributed by atoms with Crippen LogP contribution in [0.25, 0.3) is 0 Å². The fourth-order valence-corrected chi connectivity index (χ4v) is 1.37. The molecule has 0 unspecified atom stereocenters. The number of amides is 1. The topological polar surface area (TPSA) is 41.9 Å². The smallest absolute Gasteiger partial charge is 0.246 e. The molecule has 0 heterocycles. The van der Waals surface area contributed by atoms with Crippen LogP contribution in [0.1, 0.15) is 5.56 Å². The summed E-state index contributed by atoms with van der Waals surface area (Å²) >= 11 is 0. The third kappa shape index (κ3) is 4.51. The molecule has 0 aliphatic carbocycles. The largest absolute Gasteiger partial charge is 0.399 e. The Kier molecular flexibility index (Phi) is 5.51. The Morgan fingerprint density at radius 2 is 2.18 bits per heavy atom. The van der Waals surface area contributed by atoms with Gasteiger partial charge in [0.2, 0.25) is 5.91 Å². The highest BCUT2D eigenvalue weighted by molar-refractivity contribution is 5.88. The maximum absolute atomic E-state index is 11.6. The molecule has 0 fully saturated rings. The van der Waals surface area contributed by atoms with E-state index in [0.717, 1.165) is 5.56 Å². The SMILES string of the molecule is C=CC(=O)N(C/C=N\OC)Cc1ccccc1. The zero-order valence-electron chi connectivity index (χ0n) is 9.87. The van der Waals surface area contributed by atoms with Gasteiger partial charge >= 0.3 is 0 Å². The van der Waals surface area contributed by atoms with Gasteiger partial charge in [0, 0.05) is 6.54 Å². The number of rotatable bonds is 6. The predicted octanol–water partition coefficient (Wildman–Crippen LogP) is 1.83. The molecule has 4 heteroatoms. The molecule has 0 aromatic heterocycles. The number of nitrogens with zero attached hydrogens (tertiary/aromatic N) is 2. The Morgan fingerprint density at radius 3 is 2.76 bits per heavy atom. The summed E-state index contributed by atoms with van der Waals surface area (Å²) in [6.07, 6.45) is 2.84. The van der Waals surface area contributed by atoms with E-state index >= 15 is 0 Å². The van der Waals surface area contributed by atoms with Gasteiger partial charge in [0.25, 0.3) is 0 Å².